The number of aromatic hydroxyl groups is 1. The van der Waals surface area contributed by atoms with Crippen LogP contribution in [0.5, 0.6) is 5.75 Å². The molecule has 86 valence electrons. The summed E-state index contributed by atoms with van der Waals surface area (Å²) in [5.74, 6) is 0.140. The average Bonchev–Trinajstić information content (AvgIpc) is 3.05. The number of carbonyl (C=O) groups excluding carboxylic acids is 1. The Labute approximate surface area is 95.0 Å². The summed E-state index contributed by atoms with van der Waals surface area (Å²) in [5, 5.41) is 9.70. The van der Waals surface area contributed by atoms with Gasteiger partial charge in [0, 0.05) is 0 Å². The van der Waals surface area contributed by atoms with Gasteiger partial charge in [-0.25, -0.2) is 0 Å². The first kappa shape index (κ1) is 11.0. The highest BCUT2D eigenvalue weighted by Crippen LogP contribution is 2.50. The van der Waals surface area contributed by atoms with Crippen molar-refractivity contribution in [1.82, 2.24) is 0 Å². The van der Waals surface area contributed by atoms with Gasteiger partial charge in [0.15, 0.2) is 0 Å². The molecule has 0 bridgehead atoms. The second-order valence-electron chi connectivity index (χ2n) is 4.53. The molecule has 3 nitrogen and oxygen atoms in total. The van der Waals surface area contributed by atoms with Crippen LogP contribution in [0.1, 0.15) is 29.5 Å². The van der Waals surface area contributed by atoms with Gasteiger partial charge in [0.2, 0.25) is 0 Å². The number of benzene rings is 1. The summed E-state index contributed by atoms with van der Waals surface area (Å²) in [6, 6.07) is 3.76. The van der Waals surface area contributed by atoms with Gasteiger partial charge in [-0.05, 0) is 43.4 Å². The molecule has 0 amide bonds. The van der Waals surface area contributed by atoms with E-state index in [0.29, 0.717) is 5.75 Å². The van der Waals surface area contributed by atoms with Gasteiger partial charge in [0.25, 0.3) is 0 Å². The van der Waals surface area contributed by atoms with E-state index in [0.717, 1.165) is 29.5 Å². The predicted octanol–water partition coefficient (Wildman–Crippen LogP) is 2.21. The van der Waals surface area contributed by atoms with Crippen LogP contribution in [0.25, 0.3) is 0 Å². The van der Waals surface area contributed by atoms with Gasteiger partial charge < -0.3 is 9.84 Å². The number of phenols is 1. The van der Waals surface area contributed by atoms with Crippen molar-refractivity contribution in [1.29, 1.82) is 0 Å². The minimum absolute atomic E-state index is 0.169. The number of methoxy groups -OCH3 is 1. The van der Waals surface area contributed by atoms with Gasteiger partial charge in [-0.15, -0.1) is 0 Å². The Bertz CT molecular complexity index is 421. The fraction of sp³-hybridized carbons (Fsp3) is 0.462. The molecule has 1 N–H and O–H groups in total. The van der Waals surface area contributed by atoms with Crippen molar-refractivity contribution < 1.29 is 14.6 Å². The van der Waals surface area contributed by atoms with Crippen molar-refractivity contribution in [2.75, 3.05) is 7.11 Å². The van der Waals surface area contributed by atoms with Crippen molar-refractivity contribution in [2.45, 2.75) is 32.1 Å². The molecule has 0 heterocycles. The van der Waals surface area contributed by atoms with E-state index in [9.17, 15) is 9.90 Å². The molecule has 0 aliphatic heterocycles. The Morgan fingerprint density at radius 2 is 1.81 bits per heavy atom. The molecule has 0 saturated heterocycles. The first-order chi connectivity index (χ1) is 7.51. The third-order valence-corrected chi connectivity index (χ3v) is 3.37. The molecule has 0 spiro atoms. The van der Waals surface area contributed by atoms with E-state index in [-0.39, 0.29) is 5.97 Å². The molecule has 1 aliphatic rings. The zero-order valence-corrected chi connectivity index (χ0v) is 9.83. The second-order valence-corrected chi connectivity index (χ2v) is 4.53. The number of ether oxygens (including phenoxy) is 1. The Balaban J connectivity index is 2.46. The van der Waals surface area contributed by atoms with Gasteiger partial charge in [-0.2, -0.15) is 0 Å². The lowest BCUT2D eigenvalue weighted by atomic mass is 9.92. The van der Waals surface area contributed by atoms with E-state index < -0.39 is 5.41 Å². The summed E-state index contributed by atoms with van der Waals surface area (Å²) in [4.78, 5) is 11.7. The van der Waals surface area contributed by atoms with Crippen LogP contribution in [0.2, 0.25) is 0 Å². The van der Waals surface area contributed by atoms with Gasteiger partial charge in [-0.3, -0.25) is 4.79 Å². The lowest BCUT2D eigenvalue weighted by Gasteiger charge is -2.15. The Kier molecular flexibility index (Phi) is 2.41. The van der Waals surface area contributed by atoms with Crippen molar-refractivity contribution in [2.24, 2.45) is 0 Å². The lowest BCUT2D eigenvalue weighted by molar-refractivity contribution is -0.143. The van der Waals surface area contributed by atoms with E-state index in [1.54, 1.807) is 0 Å². The van der Waals surface area contributed by atoms with Gasteiger partial charge in [0.05, 0.1) is 12.5 Å². The maximum absolute atomic E-state index is 11.7. The quantitative estimate of drug-likeness (QED) is 0.777. The second kappa shape index (κ2) is 3.51. The van der Waals surface area contributed by atoms with Crippen LogP contribution in [0.3, 0.4) is 0 Å². The van der Waals surface area contributed by atoms with E-state index >= 15 is 0 Å². The first-order valence-corrected chi connectivity index (χ1v) is 5.40. The molecule has 1 aliphatic carbocycles. The molecule has 2 rings (SSSR count). The van der Waals surface area contributed by atoms with Crippen LogP contribution >= 0.6 is 0 Å². The van der Waals surface area contributed by atoms with E-state index in [2.05, 4.69) is 0 Å². The largest absolute Gasteiger partial charge is 0.507 e. The zero-order chi connectivity index (χ0) is 11.9. The third-order valence-electron chi connectivity index (χ3n) is 3.37. The fourth-order valence-corrected chi connectivity index (χ4v) is 2.16. The van der Waals surface area contributed by atoms with Crippen LogP contribution in [-0.4, -0.2) is 18.2 Å². The molecular formula is C13H16O3. The molecule has 0 radical (unpaired) electrons. The van der Waals surface area contributed by atoms with E-state index in [4.69, 9.17) is 4.74 Å². The third kappa shape index (κ3) is 1.47. The highest BCUT2D eigenvalue weighted by Gasteiger charge is 2.52. The SMILES string of the molecule is COC(=O)C1(c2cc(C)c(O)c(C)c2)CC1. The standard InChI is InChI=1S/C13H16O3/c1-8-6-10(7-9(2)11(8)14)13(4-5-13)12(15)16-3/h6-7,14H,4-5H2,1-3H3. The number of aryl methyl sites for hydroxylation is 2. The highest BCUT2D eigenvalue weighted by atomic mass is 16.5. The van der Waals surface area contributed by atoms with Crippen LogP contribution in [0.4, 0.5) is 0 Å². The molecule has 3 heteroatoms. The molecule has 1 fully saturated rings. The van der Waals surface area contributed by atoms with Crippen molar-refractivity contribution in [3.8, 4) is 5.75 Å². The summed E-state index contributed by atoms with van der Waals surface area (Å²) in [6.07, 6.45) is 1.67. The molecular weight excluding hydrogens is 204 g/mol. The maximum atomic E-state index is 11.7. The van der Waals surface area contributed by atoms with Crippen LogP contribution < -0.4 is 0 Å². The highest BCUT2D eigenvalue weighted by molar-refractivity contribution is 5.86. The van der Waals surface area contributed by atoms with Crippen LogP contribution in [-0.2, 0) is 14.9 Å². The summed E-state index contributed by atoms with van der Waals surface area (Å²) >= 11 is 0. The number of esters is 1. The molecule has 1 saturated carbocycles. The Hall–Kier alpha value is -1.51. The number of phenolic OH excluding ortho intramolecular Hbond substituents is 1. The van der Waals surface area contributed by atoms with Crippen molar-refractivity contribution in [3.05, 3.63) is 28.8 Å². The van der Waals surface area contributed by atoms with Gasteiger partial charge in [0.1, 0.15) is 5.75 Å². The maximum Gasteiger partial charge on any atom is 0.316 e. The number of carbonyl (C=O) groups is 1. The monoisotopic (exact) mass is 220 g/mol. The molecule has 16 heavy (non-hydrogen) atoms. The van der Waals surface area contributed by atoms with Crippen LogP contribution in [0, 0.1) is 13.8 Å². The molecule has 0 atom stereocenters. The van der Waals surface area contributed by atoms with Gasteiger partial charge in [-0.1, -0.05) is 12.1 Å². The minimum Gasteiger partial charge on any atom is -0.507 e. The summed E-state index contributed by atoms with van der Waals surface area (Å²) in [6.45, 7) is 3.69. The predicted molar refractivity (Wildman–Crippen MR) is 60.5 cm³/mol. The molecule has 1 aromatic carbocycles. The topological polar surface area (TPSA) is 46.5 Å². The number of hydrogen-bond donors (Lipinski definition) is 1. The summed E-state index contributed by atoms with van der Waals surface area (Å²) < 4.78 is 4.84. The number of hydrogen-bond acceptors (Lipinski definition) is 3. The zero-order valence-electron chi connectivity index (χ0n) is 9.83. The summed E-state index contributed by atoms with van der Waals surface area (Å²) in [5.41, 5.74) is 2.14. The molecule has 1 aromatic rings. The summed E-state index contributed by atoms with van der Waals surface area (Å²) in [7, 11) is 1.42. The molecule has 0 unspecified atom stereocenters. The van der Waals surface area contributed by atoms with E-state index in [1.165, 1.54) is 7.11 Å². The van der Waals surface area contributed by atoms with Gasteiger partial charge >= 0.3 is 5.97 Å². The molecule has 0 aromatic heterocycles. The average molecular weight is 220 g/mol. The normalized spacial score (nSPS) is 16.9. The first-order valence-electron chi connectivity index (χ1n) is 5.40. The smallest absolute Gasteiger partial charge is 0.316 e. The van der Waals surface area contributed by atoms with E-state index in [1.807, 2.05) is 26.0 Å². The Morgan fingerprint density at radius 3 is 2.19 bits per heavy atom. The minimum atomic E-state index is -0.446. The van der Waals surface area contributed by atoms with Crippen molar-refractivity contribution in [3.63, 3.8) is 0 Å². The number of rotatable bonds is 2. The van der Waals surface area contributed by atoms with Crippen molar-refractivity contribution >= 4 is 5.97 Å². The fourth-order valence-electron chi connectivity index (χ4n) is 2.16. The lowest BCUT2D eigenvalue weighted by Crippen LogP contribution is -2.22. The Morgan fingerprint density at radius 1 is 1.31 bits per heavy atom. The van der Waals surface area contributed by atoms with Crippen LogP contribution in [0.15, 0.2) is 12.1 Å².